The molecule has 0 amide bonds. The highest BCUT2D eigenvalue weighted by molar-refractivity contribution is 7.88. The molecule has 1 rings (SSSR count). The fourth-order valence-corrected chi connectivity index (χ4v) is 2.86. The van der Waals surface area contributed by atoms with Crippen LogP contribution in [0.3, 0.4) is 0 Å². The molecule has 0 heterocycles. The maximum absolute atomic E-state index is 11.7. The molecule has 0 bridgehead atoms. The number of carboxylic acid groups (broad SMARTS) is 1. The summed E-state index contributed by atoms with van der Waals surface area (Å²) < 4.78 is 25.7. The number of nitrogens with one attached hydrogen (secondary N) is 1. The molecule has 0 aliphatic carbocycles. The van der Waals surface area contributed by atoms with Crippen molar-refractivity contribution in [1.82, 2.24) is 4.72 Å². The number of aliphatic carboxylic acids is 1. The van der Waals surface area contributed by atoms with E-state index in [4.69, 9.17) is 5.11 Å². The summed E-state index contributed by atoms with van der Waals surface area (Å²) in [5.41, 5.74) is 0.669. The van der Waals surface area contributed by atoms with Crippen molar-refractivity contribution in [2.45, 2.75) is 25.1 Å². The third-order valence-electron chi connectivity index (χ3n) is 2.06. The van der Waals surface area contributed by atoms with Crippen molar-refractivity contribution in [3.63, 3.8) is 0 Å². The van der Waals surface area contributed by atoms with Crippen LogP contribution in [-0.2, 0) is 20.6 Å². The maximum Gasteiger partial charge on any atom is 0.304 e. The zero-order chi connectivity index (χ0) is 12.9. The van der Waals surface area contributed by atoms with Gasteiger partial charge in [0.1, 0.15) is 0 Å². The predicted molar refractivity (Wildman–Crippen MR) is 63.9 cm³/mol. The molecule has 5 nitrogen and oxygen atoms in total. The first kappa shape index (κ1) is 13.7. The number of benzene rings is 1. The lowest BCUT2D eigenvalue weighted by atomic mass is 10.2. The molecule has 0 saturated carbocycles. The Morgan fingerprint density at radius 1 is 1.35 bits per heavy atom. The summed E-state index contributed by atoms with van der Waals surface area (Å²) in [4.78, 5) is 10.4. The highest BCUT2D eigenvalue weighted by Crippen LogP contribution is 2.05. The Morgan fingerprint density at radius 2 is 1.94 bits per heavy atom. The van der Waals surface area contributed by atoms with Crippen LogP contribution in [0, 0.1) is 0 Å². The molecule has 0 radical (unpaired) electrons. The second-order valence-electron chi connectivity index (χ2n) is 3.86. The predicted octanol–water partition coefficient (Wildman–Crippen LogP) is 0.969. The van der Waals surface area contributed by atoms with Gasteiger partial charge in [-0.05, 0) is 12.5 Å². The van der Waals surface area contributed by atoms with Crippen LogP contribution < -0.4 is 4.72 Å². The minimum absolute atomic E-state index is 0.141. The fraction of sp³-hybridized carbons (Fsp3) is 0.364. The SMILES string of the molecule is CC(CC(=O)O)NS(=O)(=O)Cc1ccccc1. The van der Waals surface area contributed by atoms with E-state index in [0.29, 0.717) is 5.56 Å². The molecule has 0 aliphatic heterocycles. The van der Waals surface area contributed by atoms with Gasteiger partial charge in [0.25, 0.3) is 0 Å². The largest absolute Gasteiger partial charge is 0.481 e. The minimum atomic E-state index is -3.49. The van der Waals surface area contributed by atoms with Crippen molar-refractivity contribution in [2.24, 2.45) is 0 Å². The lowest BCUT2D eigenvalue weighted by Crippen LogP contribution is -2.35. The van der Waals surface area contributed by atoms with E-state index in [9.17, 15) is 13.2 Å². The van der Waals surface area contributed by atoms with Crippen molar-refractivity contribution in [1.29, 1.82) is 0 Å². The Labute approximate surface area is 101 Å². The summed E-state index contributed by atoms with van der Waals surface area (Å²) in [6, 6.07) is 8.12. The van der Waals surface area contributed by atoms with Crippen LogP contribution in [0.2, 0.25) is 0 Å². The van der Waals surface area contributed by atoms with Gasteiger partial charge in [0, 0.05) is 6.04 Å². The van der Waals surface area contributed by atoms with Crippen molar-refractivity contribution in [3.05, 3.63) is 35.9 Å². The van der Waals surface area contributed by atoms with Crippen molar-refractivity contribution in [2.75, 3.05) is 0 Å². The lowest BCUT2D eigenvalue weighted by molar-refractivity contribution is -0.137. The van der Waals surface area contributed by atoms with Crippen molar-refractivity contribution < 1.29 is 18.3 Å². The summed E-state index contributed by atoms with van der Waals surface area (Å²) in [6.07, 6.45) is -0.228. The van der Waals surface area contributed by atoms with E-state index in [2.05, 4.69) is 4.72 Å². The maximum atomic E-state index is 11.7. The van der Waals surface area contributed by atoms with E-state index in [1.807, 2.05) is 0 Å². The van der Waals surface area contributed by atoms with Crippen LogP contribution in [0.4, 0.5) is 0 Å². The van der Waals surface area contributed by atoms with Crippen molar-refractivity contribution in [3.8, 4) is 0 Å². The van der Waals surface area contributed by atoms with Gasteiger partial charge in [-0.1, -0.05) is 30.3 Å². The quantitative estimate of drug-likeness (QED) is 0.795. The Kier molecular flexibility index (Phi) is 4.65. The molecule has 0 saturated heterocycles. The normalized spacial score (nSPS) is 13.2. The Morgan fingerprint density at radius 3 is 2.47 bits per heavy atom. The van der Waals surface area contributed by atoms with E-state index < -0.39 is 22.0 Å². The molecular formula is C11H15NO4S. The van der Waals surface area contributed by atoms with E-state index in [1.54, 1.807) is 30.3 Å². The van der Waals surface area contributed by atoms with Crippen LogP contribution in [0.25, 0.3) is 0 Å². The lowest BCUT2D eigenvalue weighted by Gasteiger charge is -2.12. The second kappa shape index (κ2) is 5.79. The summed E-state index contributed by atoms with van der Waals surface area (Å²) in [5, 5.41) is 8.54. The zero-order valence-electron chi connectivity index (χ0n) is 9.46. The third-order valence-corrected chi connectivity index (χ3v) is 3.54. The summed E-state index contributed by atoms with van der Waals surface area (Å²) in [6.45, 7) is 1.52. The molecule has 1 aromatic rings. The third kappa shape index (κ3) is 5.46. The zero-order valence-corrected chi connectivity index (χ0v) is 10.3. The van der Waals surface area contributed by atoms with Crippen LogP contribution in [0.1, 0.15) is 18.9 Å². The number of hydrogen-bond acceptors (Lipinski definition) is 3. The van der Waals surface area contributed by atoms with E-state index in [1.165, 1.54) is 6.92 Å². The monoisotopic (exact) mass is 257 g/mol. The van der Waals surface area contributed by atoms with E-state index in [0.717, 1.165) is 0 Å². The number of carbonyl (C=O) groups is 1. The van der Waals surface area contributed by atoms with Gasteiger partial charge in [0.05, 0.1) is 12.2 Å². The van der Waals surface area contributed by atoms with Gasteiger partial charge in [-0.2, -0.15) is 0 Å². The molecule has 2 N–H and O–H groups in total. The van der Waals surface area contributed by atoms with Gasteiger partial charge >= 0.3 is 5.97 Å². The van der Waals surface area contributed by atoms with Crippen LogP contribution in [0.15, 0.2) is 30.3 Å². The number of sulfonamides is 1. The number of carboxylic acids is 1. The number of hydrogen-bond donors (Lipinski definition) is 2. The van der Waals surface area contributed by atoms with Crippen molar-refractivity contribution >= 4 is 16.0 Å². The van der Waals surface area contributed by atoms with Gasteiger partial charge in [-0.3, -0.25) is 4.79 Å². The van der Waals surface area contributed by atoms with Gasteiger partial charge in [0.15, 0.2) is 0 Å². The molecule has 17 heavy (non-hydrogen) atoms. The molecule has 1 aromatic carbocycles. The minimum Gasteiger partial charge on any atom is -0.481 e. The molecule has 1 atom stereocenters. The highest BCUT2D eigenvalue weighted by Gasteiger charge is 2.16. The van der Waals surface area contributed by atoms with Gasteiger partial charge in [-0.25, -0.2) is 13.1 Å². The van der Waals surface area contributed by atoms with Gasteiger partial charge in [0.2, 0.25) is 10.0 Å². The van der Waals surface area contributed by atoms with Crippen LogP contribution in [-0.4, -0.2) is 25.5 Å². The molecule has 1 unspecified atom stereocenters. The van der Waals surface area contributed by atoms with Gasteiger partial charge in [-0.15, -0.1) is 0 Å². The first-order chi connectivity index (χ1) is 7.89. The topological polar surface area (TPSA) is 83.5 Å². The van der Waals surface area contributed by atoms with Crippen LogP contribution in [0.5, 0.6) is 0 Å². The van der Waals surface area contributed by atoms with E-state index >= 15 is 0 Å². The first-order valence-corrected chi connectivity index (χ1v) is 6.80. The van der Waals surface area contributed by atoms with Crippen LogP contribution >= 0.6 is 0 Å². The first-order valence-electron chi connectivity index (χ1n) is 5.15. The van der Waals surface area contributed by atoms with E-state index in [-0.39, 0.29) is 12.2 Å². The summed E-state index contributed by atoms with van der Waals surface area (Å²) >= 11 is 0. The average molecular weight is 257 g/mol. The Hall–Kier alpha value is -1.40. The van der Waals surface area contributed by atoms with Gasteiger partial charge < -0.3 is 5.11 Å². The highest BCUT2D eigenvalue weighted by atomic mass is 32.2. The molecule has 0 fully saturated rings. The number of rotatable bonds is 6. The molecule has 6 heteroatoms. The second-order valence-corrected chi connectivity index (χ2v) is 5.62. The Balaban J connectivity index is 2.61. The molecule has 0 aliphatic rings. The summed E-state index contributed by atoms with van der Waals surface area (Å²) in [5.74, 6) is -1.17. The molecule has 94 valence electrons. The molecule has 0 spiro atoms. The molecular weight excluding hydrogens is 242 g/mol. The fourth-order valence-electron chi connectivity index (χ4n) is 1.45. The Bertz CT molecular complexity index is 470. The molecule has 0 aromatic heterocycles. The smallest absolute Gasteiger partial charge is 0.304 e. The standard InChI is InChI=1S/C11H15NO4S/c1-9(7-11(13)14)12-17(15,16)8-10-5-3-2-4-6-10/h2-6,9,12H,7-8H2,1H3,(H,13,14). The average Bonchev–Trinajstić information content (AvgIpc) is 2.15. The summed E-state index contributed by atoms with van der Waals surface area (Å²) in [7, 11) is -3.49.